The monoisotopic (exact) mass is 310 g/mol. The summed E-state index contributed by atoms with van der Waals surface area (Å²) < 4.78 is 11.1. The highest BCUT2D eigenvalue weighted by Crippen LogP contribution is 2.43. The predicted octanol–water partition coefficient (Wildman–Crippen LogP) is 3.38. The molecule has 2 aromatic carbocycles. The second-order valence-electron chi connectivity index (χ2n) is 6.31. The van der Waals surface area contributed by atoms with Gasteiger partial charge in [-0.05, 0) is 55.0 Å². The summed E-state index contributed by atoms with van der Waals surface area (Å²) in [5.74, 6) is 0.826. The van der Waals surface area contributed by atoms with Crippen molar-refractivity contribution in [3.8, 4) is 17.2 Å². The highest BCUT2D eigenvalue weighted by Gasteiger charge is 2.36. The van der Waals surface area contributed by atoms with Gasteiger partial charge in [-0.25, -0.2) is 0 Å². The molecule has 0 fully saturated rings. The van der Waals surface area contributed by atoms with E-state index >= 15 is 0 Å². The predicted molar refractivity (Wildman–Crippen MR) is 85.3 cm³/mol. The van der Waals surface area contributed by atoms with E-state index in [-0.39, 0.29) is 11.7 Å². The summed E-state index contributed by atoms with van der Waals surface area (Å²) in [5.41, 5.74) is 4.70. The Balaban J connectivity index is 1.85. The van der Waals surface area contributed by atoms with Crippen LogP contribution >= 0.6 is 0 Å². The van der Waals surface area contributed by atoms with Gasteiger partial charge in [-0.15, -0.1) is 0 Å². The first kappa shape index (κ1) is 14.1. The maximum Gasteiger partial charge on any atom is 0.323 e. The number of rotatable bonds is 1. The topological polar surface area (TPSA) is 55.8 Å². The second kappa shape index (κ2) is 5.01. The van der Waals surface area contributed by atoms with Gasteiger partial charge in [0.1, 0.15) is 23.2 Å². The quantitative estimate of drug-likeness (QED) is 0.648. The van der Waals surface area contributed by atoms with E-state index in [0.717, 1.165) is 53.0 Å². The number of benzene rings is 2. The average Bonchev–Trinajstić information content (AvgIpc) is 2.83. The van der Waals surface area contributed by atoms with Crippen molar-refractivity contribution in [2.75, 3.05) is 6.61 Å². The molecule has 0 aliphatic carbocycles. The van der Waals surface area contributed by atoms with Gasteiger partial charge >= 0.3 is 5.97 Å². The van der Waals surface area contributed by atoms with Crippen LogP contribution in [0.2, 0.25) is 0 Å². The zero-order valence-corrected chi connectivity index (χ0v) is 13.2. The van der Waals surface area contributed by atoms with E-state index in [1.807, 2.05) is 26.0 Å². The maximum atomic E-state index is 12.4. The van der Waals surface area contributed by atoms with Crippen molar-refractivity contribution in [3.63, 3.8) is 0 Å². The summed E-state index contributed by atoms with van der Waals surface area (Å²) in [5, 5.41) is 9.82. The van der Waals surface area contributed by atoms with E-state index in [4.69, 9.17) is 9.47 Å². The number of fused-ring (bicyclic) bond motifs is 2. The number of phenols is 1. The molecule has 0 aromatic heterocycles. The number of aryl methyl sites for hydroxylation is 3. The van der Waals surface area contributed by atoms with Gasteiger partial charge in [-0.3, -0.25) is 4.79 Å². The lowest BCUT2D eigenvalue weighted by atomic mass is 9.88. The normalized spacial score (nSPS) is 18.9. The Kier molecular flexibility index (Phi) is 3.08. The highest BCUT2D eigenvalue weighted by molar-refractivity contribution is 5.90. The molecule has 0 spiro atoms. The minimum atomic E-state index is -0.435. The summed E-state index contributed by atoms with van der Waals surface area (Å²) in [6.07, 6.45) is 1.96. The smallest absolute Gasteiger partial charge is 0.323 e. The molecular weight excluding hydrogens is 292 g/mol. The van der Waals surface area contributed by atoms with Crippen molar-refractivity contribution < 1.29 is 19.4 Å². The van der Waals surface area contributed by atoms with Gasteiger partial charge < -0.3 is 14.6 Å². The van der Waals surface area contributed by atoms with E-state index in [1.54, 1.807) is 0 Å². The molecule has 4 rings (SSSR count). The second-order valence-corrected chi connectivity index (χ2v) is 6.31. The fourth-order valence-electron chi connectivity index (χ4n) is 3.50. The Hall–Kier alpha value is -2.49. The molecule has 4 nitrogen and oxygen atoms in total. The molecule has 23 heavy (non-hydrogen) atoms. The molecule has 4 heteroatoms. The molecule has 1 N–H and O–H groups in total. The molecule has 1 atom stereocenters. The van der Waals surface area contributed by atoms with Gasteiger partial charge in [0.15, 0.2) is 0 Å². The fourth-order valence-corrected chi connectivity index (χ4v) is 3.50. The largest absolute Gasteiger partial charge is 0.508 e. The van der Waals surface area contributed by atoms with Crippen LogP contribution in [-0.2, 0) is 11.2 Å². The third kappa shape index (κ3) is 2.17. The van der Waals surface area contributed by atoms with Crippen molar-refractivity contribution in [3.05, 3.63) is 52.1 Å². The van der Waals surface area contributed by atoms with Crippen molar-refractivity contribution in [1.29, 1.82) is 0 Å². The standard InChI is InChI=1S/C19H18O4/c1-10-7-14-16(9-15(10)20)23-19(21)17(14)13-6-11(2)18-12(8-13)4-3-5-22-18/h6-9,17,20H,3-5H2,1-2H3. The third-order valence-electron chi connectivity index (χ3n) is 4.63. The Morgan fingerprint density at radius 1 is 1.13 bits per heavy atom. The lowest BCUT2D eigenvalue weighted by Gasteiger charge is -2.21. The first-order chi connectivity index (χ1) is 11.0. The number of hydrogen-bond acceptors (Lipinski definition) is 4. The zero-order chi connectivity index (χ0) is 16.1. The van der Waals surface area contributed by atoms with Gasteiger partial charge in [0, 0.05) is 11.6 Å². The minimum Gasteiger partial charge on any atom is -0.508 e. The van der Waals surface area contributed by atoms with Crippen molar-refractivity contribution in [2.24, 2.45) is 0 Å². The van der Waals surface area contributed by atoms with E-state index in [0.29, 0.717) is 5.75 Å². The minimum absolute atomic E-state index is 0.146. The van der Waals surface area contributed by atoms with E-state index < -0.39 is 5.92 Å². The lowest BCUT2D eigenvalue weighted by Crippen LogP contribution is -2.15. The average molecular weight is 310 g/mol. The maximum absolute atomic E-state index is 12.4. The summed E-state index contributed by atoms with van der Waals surface area (Å²) in [6.45, 7) is 4.58. The van der Waals surface area contributed by atoms with Crippen LogP contribution in [0.15, 0.2) is 24.3 Å². The van der Waals surface area contributed by atoms with Gasteiger partial charge in [0.25, 0.3) is 0 Å². The molecule has 2 aliphatic rings. The van der Waals surface area contributed by atoms with Crippen LogP contribution in [0.1, 0.15) is 40.2 Å². The Labute approximate surface area is 134 Å². The molecule has 0 radical (unpaired) electrons. The Morgan fingerprint density at radius 3 is 2.78 bits per heavy atom. The molecule has 0 saturated carbocycles. The highest BCUT2D eigenvalue weighted by atomic mass is 16.5. The number of carbonyl (C=O) groups excluding carboxylic acids is 1. The third-order valence-corrected chi connectivity index (χ3v) is 4.63. The number of aromatic hydroxyl groups is 1. The molecule has 2 heterocycles. The summed E-state index contributed by atoms with van der Waals surface area (Å²) in [6, 6.07) is 7.43. The van der Waals surface area contributed by atoms with Crippen molar-refractivity contribution >= 4 is 5.97 Å². The van der Waals surface area contributed by atoms with Crippen molar-refractivity contribution in [1.82, 2.24) is 0 Å². The first-order valence-electron chi connectivity index (χ1n) is 7.86. The van der Waals surface area contributed by atoms with Crippen LogP contribution in [0, 0.1) is 13.8 Å². The van der Waals surface area contributed by atoms with Gasteiger partial charge in [-0.1, -0.05) is 12.1 Å². The Morgan fingerprint density at radius 2 is 1.96 bits per heavy atom. The van der Waals surface area contributed by atoms with E-state index in [2.05, 4.69) is 6.07 Å². The number of ether oxygens (including phenoxy) is 2. The molecule has 1 unspecified atom stereocenters. The van der Waals surface area contributed by atoms with Gasteiger partial charge in [-0.2, -0.15) is 0 Å². The number of esters is 1. The van der Waals surface area contributed by atoms with E-state index in [1.165, 1.54) is 6.07 Å². The summed E-state index contributed by atoms with van der Waals surface area (Å²) >= 11 is 0. The Bertz CT molecular complexity index is 823. The molecule has 0 bridgehead atoms. The lowest BCUT2D eigenvalue weighted by molar-refractivity contribution is -0.133. The molecule has 118 valence electrons. The molecule has 2 aromatic rings. The SMILES string of the molecule is Cc1cc2c(cc1O)OC(=O)C2c1cc(C)c2c(c1)CCCO2. The van der Waals surface area contributed by atoms with Crippen LogP contribution in [0.3, 0.4) is 0 Å². The van der Waals surface area contributed by atoms with E-state index in [9.17, 15) is 9.90 Å². The zero-order valence-electron chi connectivity index (χ0n) is 13.2. The number of hydrogen-bond donors (Lipinski definition) is 1. The van der Waals surface area contributed by atoms with Crippen LogP contribution < -0.4 is 9.47 Å². The fraction of sp³-hybridized carbons (Fsp3) is 0.316. The summed E-state index contributed by atoms with van der Waals surface area (Å²) in [7, 11) is 0. The van der Waals surface area contributed by atoms with Crippen LogP contribution in [0.4, 0.5) is 0 Å². The summed E-state index contributed by atoms with van der Waals surface area (Å²) in [4.78, 5) is 12.4. The van der Waals surface area contributed by atoms with Gasteiger partial charge in [0.2, 0.25) is 0 Å². The molecule has 2 aliphatic heterocycles. The molecule has 0 amide bonds. The van der Waals surface area contributed by atoms with Crippen LogP contribution in [-0.4, -0.2) is 17.7 Å². The molecule has 0 saturated heterocycles. The van der Waals surface area contributed by atoms with Gasteiger partial charge in [0.05, 0.1) is 6.61 Å². The van der Waals surface area contributed by atoms with Crippen LogP contribution in [0.5, 0.6) is 17.2 Å². The van der Waals surface area contributed by atoms with Crippen LogP contribution in [0.25, 0.3) is 0 Å². The first-order valence-corrected chi connectivity index (χ1v) is 7.86. The molecular formula is C19H18O4. The van der Waals surface area contributed by atoms with Crippen molar-refractivity contribution in [2.45, 2.75) is 32.6 Å². The number of carbonyl (C=O) groups is 1. The number of phenolic OH excluding ortho intramolecular Hbond substituents is 1.